The quantitative estimate of drug-likeness (QED) is 0.171. The van der Waals surface area contributed by atoms with Crippen molar-refractivity contribution in [2.45, 2.75) is 56.1 Å². The molecular formula is C44H49N9O8S. The minimum absolute atomic E-state index is 0.00636. The Morgan fingerprint density at radius 2 is 1.81 bits per heavy atom. The van der Waals surface area contributed by atoms with Gasteiger partial charge in [0.1, 0.15) is 22.1 Å². The predicted molar refractivity (Wildman–Crippen MR) is 229 cm³/mol. The number of nitrogens with zero attached hydrogens (tertiary/aromatic N) is 7. The summed E-state index contributed by atoms with van der Waals surface area (Å²) < 4.78 is 49.5. The van der Waals surface area contributed by atoms with E-state index < -0.39 is 22.0 Å². The van der Waals surface area contributed by atoms with Gasteiger partial charge >= 0.3 is 0 Å². The average Bonchev–Trinajstić information content (AvgIpc) is 4.08. The van der Waals surface area contributed by atoms with Crippen LogP contribution in [0.2, 0.25) is 0 Å². The lowest BCUT2D eigenvalue weighted by Gasteiger charge is -2.55. The van der Waals surface area contributed by atoms with Crippen LogP contribution in [0.25, 0.3) is 11.0 Å². The largest absolute Gasteiger partial charge is 0.496 e. The first-order valence-corrected chi connectivity index (χ1v) is 22.6. The number of aromatic nitrogens is 3. The SMILES string of the molecule is COc1c(N2CC3(CCN(C[C@H]4CCN(c5ccc6c(c5)CN(C5CCC(=O)NC5=O)C6=O)C4)CC3)C2)cccc1S(=O)(=O)Nc1noc2cc(Cn3cccn3)cc(OC)c12. The van der Waals surface area contributed by atoms with E-state index in [1.54, 1.807) is 27.9 Å². The number of anilines is 3. The van der Waals surface area contributed by atoms with E-state index in [2.05, 4.69) is 41.1 Å². The van der Waals surface area contributed by atoms with E-state index in [0.717, 1.165) is 87.6 Å². The van der Waals surface area contributed by atoms with Gasteiger partial charge in [0.25, 0.3) is 15.9 Å². The average molecular weight is 864 g/mol. The lowest BCUT2D eigenvalue weighted by Crippen LogP contribution is -2.60. The number of fused-ring (bicyclic) bond motifs is 2. The van der Waals surface area contributed by atoms with Crippen LogP contribution in [0.4, 0.5) is 17.2 Å². The Bertz CT molecular complexity index is 2670. The van der Waals surface area contributed by atoms with E-state index in [-0.39, 0.29) is 40.1 Å². The van der Waals surface area contributed by atoms with E-state index in [0.29, 0.717) is 47.7 Å². The van der Waals surface area contributed by atoms with Crippen LogP contribution in [0.5, 0.6) is 11.5 Å². The van der Waals surface area contributed by atoms with Gasteiger partial charge < -0.3 is 33.6 Å². The Kier molecular flexibility index (Phi) is 10.1. The highest BCUT2D eigenvalue weighted by molar-refractivity contribution is 7.92. The molecule has 5 aliphatic rings. The molecule has 18 heteroatoms. The highest BCUT2D eigenvalue weighted by atomic mass is 32.2. The monoisotopic (exact) mass is 863 g/mol. The molecule has 17 nitrogen and oxygen atoms in total. The van der Waals surface area contributed by atoms with E-state index >= 15 is 0 Å². The number of likely N-dealkylation sites (tertiary alicyclic amines) is 1. The maximum absolute atomic E-state index is 14.0. The van der Waals surface area contributed by atoms with Crippen LogP contribution in [0.1, 0.15) is 53.6 Å². The molecule has 7 heterocycles. The number of sulfonamides is 1. The van der Waals surface area contributed by atoms with Crippen molar-refractivity contribution in [1.82, 2.24) is 30.1 Å². The summed E-state index contributed by atoms with van der Waals surface area (Å²) in [4.78, 5) is 46.2. The number of rotatable bonds is 12. The van der Waals surface area contributed by atoms with E-state index in [1.165, 1.54) is 20.3 Å². The number of benzene rings is 3. The lowest BCUT2D eigenvalue weighted by molar-refractivity contribution is -0.136. The first kappa shape index (κ1) is 40.0. The summed E-state index contributed by atoms with van der Waals surface area (Å²) in [6.07, 6.45) is 7.36. The second kappa shape index (κ2) is 15.6. The molecule has 2 N–H and O–H groups in total. The lowest BCUT2D eigenvalue weighted by atomic mass is 9.71. The fourth-order valence-corrected chi connectivity index (χ4v) is 11.3. The molecule has 324 valence electrons. The second-order valence-corrected chi connectivity index (χ2v) is 19.0. The molecule has 0 radical (unpaired) electrons. The summed E-state index contributed by atoms with van der Waals surface area (Å²) in [5, 5.41) is 11.1. The van der Waals surface area contributed by atoms with Gasteiger partial charge in [-0.3, -0.25) is 29.1 Å². The van der Waals surface area contributed by atoms with E-state index in [1.807, 2.05) is 36.5 Å². The molecule has 2 aromatic heterocycles. The van der Waals surface area contributed by atoms with Gasteiger partial charge in [-0.15, -0.1) is 0 Å². The number of imide groups is 1. The van der Waals surface area contributed by atoms with Crippen molar-refractivity contribution in [2.75, 3.05) is 74.6 Å². The van der Waals surface area contributed by atoms with Crippen LogP contribution >= 0.6 is 0 Å². The molecule has 0 bridgehead atoms. The number of hydrogen-bond donors (Lipinski definition) is 2. The second-order valence-electron chi connectivity index (χ2n) is 17.3. The van der Waals surface area contributed by atoms with Crippen molar-refractivity contribution in [3.8, 4) is 11.5 Å². The van der Waals surface area contributed by atoms with Gasteiger partial charge in [-0.05, 0) is 104 Å². The van der Waals surface area contributed by atoms with Crippen LogP contribution in [0, 0.1) is 11.3 Å². The van der Waals surface area contributed by atoms with Crippen LogP contribution in [0.3, 0.4) is 0 Å². The normalized spacial score (nSPS) is 21.4. The van der Waals surface area contributed by atoms with Crippen LogP contribution in [-0.2, 0) is 32.7 Å². The van der Waals surface area contributed by atoms with E-state index in [4.69, 9.17) is 14.0 Å². The number of carbonyl (C=O) groups is 3. The molecule has 0 saturated carbocycles. The Hall–Kier alpha value is -6.14. The fraction of sp³-hybridized carbons (Fsp3) is 0.432. The topological polar surface area (TPSA) is 185 Å². The summed E-state index contributed by atoms with van der Waals surface area (Å²) in [6, 6.07) is 16.0. The van der Waals surface area contributed by atoms with Crippen molar-refractivity contribution < 1.29 is 36.8 Å². The molecule has 3 aromatic carbocycles. The standard InChI is InChI=1S/C44H49N9O8S/c1-59-35-19-29(24-52-15-4-14-45-52)20-36-39(35)41(47-61-36)48-62(57,58)37-6-3-5-33(40(37)60-2)51-26-44(27-51)12-17-49(18-13-44)22-28-11-16-50(23-28)31-7-8-32-30(21-31)25-53(43(32)56)34-9-10-38(54)46-42(34)55/h3-8,14-15,19-21,28,34H,9-13,16-18,22-27H2,1-2H3,(H,47,48)(H,46,54,55)/t28-,34?/m1/s1. The van der Waals surface area contributed by atoms with Gasteiger partial charge in [0.2, 0.25) is 11.8 Å². The molecule has 4 saturated heterocycles. The third kappa shape index (κ3) is 7.27. The number of hydrogen-bond acceptors (Lipinski definition) is 13. The highest BCUT2D eigenvalue weighted by Crippen LogP contribution is 2.47. The molecule has 10 rings (SSSR count). The maximum Gasteiger partial charge on any atom is 0.266 e. The molecule has 0 aliphatic carbocycles. The zero-order valence-electron chi connectivity index (χ0n) is 34.7. The molecule has 5 aromatic rings. The summed E-state index contributed by atoms with van der Waals surface area (Å²) in [5.74, 6) is 0.418. The van der Waals surface area contributed by atoms with Gasteiger partial charge in [-0.25, -0.2) is 8.42 Å². The maximum atomic E-state index is 14.0. The number of ether oxygens (including phenoxy) is 2. The molecule has 4 fully saturated rings. The van der Waals surface area contributed by atoms with Crippen molar-refractivity contribution in [3.05, 3.63) is 83.7 Å². The summed E-state index contributed by atoms with van der Waals surface area (Å²) in [7, 11) is -1.15. The van der Waals surface area contributed by atoms with Crippen LogP contribution < -0.4 is 29.3 Å². The number of carbonyl (C=O) groups excluding carboxylic acids is 3. The minimum atomic E-state index is -4.16. The Morgan fingerprint density at radius 3 is 2.56 bits per heavy atom. The Labute approximate surface area is 358 Å². The zero-order valence-corrected chi connectivity index (χ0v) is 35.5. The highest BCUT2D eigenvalue weighted by Gasteiger charge is 2.46. The molecule has 62 heavy (non-hydrogen) atoms. The van der Waals surface area contributed by atoms with Crippen molar-refractivity contribution >= 4 is 55.9 Å². The molecule has 2 atom stereocenters. The van der Waals surface area contributed by atoms with Gasteiger partial charge in [-0.2, -0.15) is 5.10 Å². The number of nitrogens with one attached hydrogen (secondary N) is 2. The van der Waals surface area contributed by atoms with Gasteiger partial charge in [0.15, 0.2) is 17.2 Å². The fourth-order valence-electron chi connectivity index (χ4n) is 10.1. The van der Waals surface area contributed by atoms with Crippen molar-refractivity contribution in [3.63, 3.8) is 0 Å². The molecule has 5 aliphatic heterocycles. The molecule has 3 amide bonds. The zero-order chi connectivity index (χ0) is 42.8. The van der Waals surface area contributed by atoms with Gasteiger partial charge in [0, 0.05) is 74.7 Å². The first-order valence-electron chi connectivity index (χ1n) is 21.1. The molecule has 1 spiro atoms. The summed E-state index contributed by atoms with van der Waals surface area (Å²) >= 11 is 0. The molecular weight excluding hydrogens is 815 g/mol. The van der Waals surface area contributed by atoms with E-state index in [9.17, 15) is 22.8 Å². The van der Waals surface area contributed by atoms with Crippen LogP contribution in [-0.4, -0.2) is 117 Å². The summed E-state index contributed by atoms with van der Waals surface area (Å²) in [6.45, 7) is 7.43. The number of methoxy groups -OCH3 is 2. The van der Waals surface area contributed by atoms with Crippen LogP contribution in [0.15, 0.2) is 76.4 Å². The molecule has 1 unspecified atom stereocenters. The minimum Gasteiger partial charge on any atom is -0.496 e. The number of amides is 3. The Morgan fingerprint density at radius 1 is 0.968 bits per heavy atom. The van der Waals surface area contributed by atoms with Gasteiger partial charge in [0.05, 0.1) is 26.5 Å². The van der Waals surface area contributed by atoms with Gasteiger partial charge in [-0.1, -0.05) is 11.2 Å². The number of para-hydroxylation sites is 1. The smallest absolute Gasteiger partial charge is 0.266 e. The Balaban J connectivity index is 0.742. The number of piperidine rings is 2. The van der Waals surface area contributed by atoms with Crippen molar-refractivity contribution in [2.24, 2.45) is 11.3 Å². The third-order valence-corrected chi connectivity index (χ3v) is 14.8. The summed E-state index contributed by atoms with van der Waals surface area (Å²) in [5.41, 5.74) is 4.79. The predicted octanol–water partition coefficient (Wildman–Crippen LogP) is 4.08. The first-order chi connectivity index (χ1) is 30.0. The van der Waals surface area contributed by atoms with Crippen molar-refractivity contribution in [1.29, 1.82) is 0 Å². The third-order valence-electron chi connectivity index (χ3n) is 13.4.